The third-order valence-corrected chi connectivity index (χ3v) is 14.3. The Balaban J connectivity index is 0.000000169. The highest BCUT2D eigenvalue weighted by Crippen LogP contribution is 2.59. The summed E-state index contributed by atoms with van der Waals surface area (Å²) in [6.45, 7) is 11.8. The molecule has 2 saturated heterocycles. The van der Waals surface area contributed by atoms with Crippen LogP contribution < -0.4 is 26.4 Å². The number of rotatable bonds is 2. The molecule has 0 bridgehead atoms. The third kappa shape index (κ3) is 8.11. The van der Waals surface area contributed by atoms with E-state index in [0.717, 1.165) is 21.2 Å². The molecule has 0 radical (unpaired) electrons. The second-order valence-corrected chi connectivity index (χ2v) is 18.3. The Morgan fingerprint density at radius 2 is 1.23 bits per heavy atom. The smallest absolute Gasteiger partial charge is 0.483 e. The predicted octanol–water partition coefficient (Wildman–Crippen LogP) is 3.74. The molecule has 2 unspecified atom stereocenters. The van der Waals surface area contributed by atoms with E-state index in [9.17, 15) is 24.4 Å². The Morgan fingerprint density at radius 1 is 0.754 bits per heavy atom. The lowest BCUT2D eigenvalue weighted by Crippen LogP contribution is -2.60. The number of ether oxygens (including phenoxy) is 2. The molecule has 4 amide bonds. The topological polar surface area (TPSA) is 245 Å². The minimum absolute atomic E-state index is 0. The molecule has 0 saturated carbocycles. The van der Waals surface area contributed by atoms with Crippen molar-refractivity contribution in [2.75, 3.05) is 40.3 Å². The van der Waals surface area contributed by atoms with Crippen molar-refractivity contribution in [2.45, 2.75) is 69.2 Å². The maximum absolute atomic E-state index is 13.7. The monoisotopic (exact) mass is 998 g/mol. The maximum Gasteiger partial charge on any atom is 0.487 e. The van der Waals surface area contributed by atoms with E-state index in [4.69, 9.17) is 42.6 Å². The number of aliphatic imine (C=N–C) groups is 2. The first-order valence-corrected chi connectivity index (χ1v) is 22.6. The van der Waals surface area contributed by atoms with Crippen molar-refractivity contribution in [1.29, 1.82) is 5.26 Å². The highest BCUT2D eigenvalue weighted by Gasteiger charge is 2.70. The van der Waals surface area contributed by atoms with E-state index in [1.54, 1.807) is 62.0 Å². The first kappa shape index (κ1) is 49.6. The van der Waals surface area contributed by atoms with Gasteiger partial charge in [0, 0.05) is 95.4 Å². The van der Waals surface area contributed by atoms with Crippen LogP contribution in [0.3, 0.4) is 0 Å². The number of halogens is 1. The zero-order valence-electron chi connectivity index (χ0n) is 37.8. The van der Waals surface area contributed by atoms with Crippen LogP contribution in [0.15, 0.2) is 99.4 Å². The van der Waals surface area contributed by atoms with E-state index in [1.807, 2.05) is 54.6 Å². The summed E-state index contributed by atoms with van der Waals surface area (Å²) in [7, 11) is 1.76. The summed E-state index contributed by atoms with van der Waals surface area (Å²) in [5.74, 6) is 1.21. The molecular formula is C49H52BBrN10O8. The van der Waals surface area contributed by atoms with E-state index >= 15 is 0 Å². The van der Waals surface area contributed by atoms with Crippen molar-refractivity contribution in [3.05, 3.63) is 118 Å². The quantitative estimate of drug-likeness (QED) is 0.167. The Bertz CT molecular complexity index is 2900. The molecule has 6 heterocycles. The molecule has 10 rings (SSSR count). The lowest BCUT2D eigenvalue weighted by atomic mass is 9.70. The predicted molar refractivity (Wildman–Crippen MR) is 262 cm³/mol. The minimum Gasteiger partial charge on any atom is -0.483 e. The van der Waals surface area contributed by atoms with Crippen molar-refractivity contribution in [3.63, 3.8) is 0 Å². The van der Waals surface area contributed by atoms with E-state index in [-0.39, 0.29) is 43.0 Å². The largest absolute Gasteiger partial charge is 0.487 e. The second kappa shape index (κ2) is 18.7. The summed E-state index contributed by atoms with van der Waals surface area (Å²) in [5.41, 5.74) is 12.4. The average Bonchev–Trinajstić information content (AvgIpc) is 3.93. The fraction of sp³-hybridized carbons (Fsp3) is 0.347. The van der Waals surface area contributed by atoms with Gasteiger partial charge in [-0.25, -0.2) is 14.8 Å². The summed E-state index contributed by atoms with van der Waals surface area (Å²) in [6, 6.07) is 27.0. The van der Waals surface area contributed by atoms with Gasteiger partial charge >= 0.3 is 7.12 Å². The van der Waals surface area contributed by atoms with Gasteiger partial charge in [0.15, 0.2) is 28.8 Å². The van der Waals surface area contributed by atoms with Gasteiger partial charge in [0.2, 0.25) is 22.9 Å². The normalized spacial score (nSPS) is 21.9. The molecule has 0 aromatic heterocycles. The highest BCUT2D eigenvalue weighted by atomic mass is 79.9. The zero-order chi connectivity index (χ0) is 48.9. The van der Waals surface area contributed by atoms with Crippen LogP contribution in [-0.4, -0.2) is 124 Å². The van der Waals surface area contributed by atoms with Gasteiger partial charge in [-0.05, 0) is 59.1 Å². The molecule has 2 atom stereocenters. The van der Waals surface area contributed by atoms with Crippen molar-refractivity contribution >= 4 is 69.7 Å². The number of carbonyl (C=O) groups is 4. The molecule has 69 heavy (non-hydrogen) atoms. The number of carbonyl (C=O) groups excluding carboxylic acids is 4. The fourth-order valence-electron chi connectivity index (χ4n) is 10.1. The van der Waals surface area contributed by atoms with Crippen molar-refractivity contribution in [3.8, 4) is 28.7 Å². The maximum atomic E-state index is 13.7. The Kier molecular flexibility index (Phi) is 13.4. The standard InChI is InChI=1S/C24H23N5O3.C17H19BrN4O3.C7H6BNO2.CH4/c1-15(30)29-10-8-23(9-11-29)24(21(31)28(2)22(26)27-24)19-13-18(6-7-20(19)32-23)17-5-3-4-16(12-17)14-25;1-10(23)22-7-5-16(6-8-22)17(14(24)21(2)15(19)20-17)12-9-11(18)3-4-13(12)25-16;1-9-7-4-2-3-6(5-7)8(10)11;/h3-7,12-13H,8-11H2,1-2H3,(H2,26,27);3-4,9H,5-8H2,1-2H3,(H2,19,20);2-5,10-11H;1H4. The molecule has 6 aliphatic heterocycles. The van der Waals surface area contributed by atoms with Gasteiger partial charge in [-0.3, -0.25) is 29.0 Å². The van der Waals surface area contributed by atoms with Crippen LogP contribution >= 0.6 is 15.9 Å². The molecule has 4 aromatic carbocycles. The average molecular weight is 1000 g/mol. The number of likely N-dealkylation sites (N-methyl/N-ethyl adjacent to an activating group) is 2. The molecule has 18 nitrogen and oxygen atoms in total. The first-order chi connectivity index (χ1) is 32.4. The summed E-state index contributed by atoms with van der Waals surface area (Å²) in [6.07, 6.45) is 1.98. The third-order valence-electron chi connectivity index (χ3n) is 13.8. The van der Waals surface area contributed by atoms with Crippen molar-refractivity contribution in [2.24, 2.45) is 21.5 Å². The van der Waals surface area contributed by atoms with Gasteiger partial charge in [-0.2, -0.15) is 5.26 Å². The summed E-state index contributed by atoms with van der Waals surface area (Å²) in [4.78, 5) is 69.3. The number of hydrogen-bond acceptors (Lipinski definition) is 13. The summed E-state index contributed by atoms with van der Waals surface area (Å²) < 4.78 is 13.7. The molecule has 20 heteroatoms. The van der Waals surface area contributed by atoms with Crippen LogP contribution in [-0.2, 0) is 30.3 Å². The number of nitrogens with two attached hydrogens (primary N) is 2. The van der Waals surface area contributed by atoms with E-state index in [1.165, 1.54) is 15.9 Å². The van der Waals surface area contributed by atoms with Gasteiger partial charge in [0.25, 0.3) is 11.8 Å². The number of hydrogen-bond donors (Lipinski definition) is 4. The van der Waals surface area contributed by atoms with Gasteiger partial charge < -0.3 is 40.8 Å². The molecule has 6 N–H and O–H groups in total. The fourth-order valence-corrected chi connectivity index (χ4v) is 10.4. The van der Waals surface area contributed by atoms with E-state index < -0.39 is 29.4 Å². The zero-order valence-corrected chi connectivity index (χ0v) is 39.4. The van der Waals surface area contributed by atoms with Crippen LogP contribution in [0.4, 0.5) is 5.69 Å². The lowest BCUT2D eigenvalue weighted by molar-refractivity contribution is -0.144. The number of fused-ring (bicyclic) bond motifs is 6. The van der Waals surface area contributed by atoms with Crippen LogP contribution in [0.2, 0.25) is 0 Å². The van der Waals surface area contributed by atoms with Gasteiger partial charge in [-0.1, -0.05) is 65.8 Å². The van der Waals surface area contributed by atoms with Crippen LogP contribution in [0.1, 0.15) is 63.6 Å². The number of nitriles is 1. The van der Waals surface area contributed by atoms with E-state index in [0.29, 0.717) is 85.6 Å². The number of benzene rings is 4. The Hall–Kier alpha value is -7.26. The number of amides is 4. The summed E-state index contributed by atoms with van der Waals surface area (Å²) in [5, 5.41) is 26.7. The first-order valence-electron chi connectivity index (χ1n) is 21.8. The molecule has 2 fully saturated rings. The second-order valence-electron chi connectivity index (χ2n) is 17.4. The van der Waals surface area contributed by atoms with Crippen LogP contribution in [0.5, 0.6) is 11.5 Å². The Morgan fingerprint density at radius 3 is 1.68 bits per heavy atom. The van der Waals surface area contributed by atoms with Crippen molar-refractivity contribution in [1.82, 2.24) is 19.6 Å². The summed E-state index contributed by atoms with van der Waals surface area (Å²) >= 11 is 3.47. The molecule has 6 aliphatic rings. The molecule has 4 spiro atoms. The lowest BCUT2D eigenvalue weighted by Gasteiger charge is -2.44. The molecule has 356 valence electrons. The van der Waals surface area contributed by atoms with Gasteiger partial charge in [0.1, 0.15) is 11.5 Å². The number of nitrogens with zero attached hydrogens (tertiary/aromatic N) is 8. The van der Waals surface area contributed by atoms with Gasteiger partial charge in [-0.15, -0.1) is 0 Å². The number of guanidine groups is 2. The molecule has 0 aliphatic carbocycles. The Labute approximate surface area is 408 Å². The van der Waals surface area contributed by atoms with E-state index in [2.05, 4.69) is 31.8 Å². The molecule has 4 aromatic rings. The minimum atomic E-state index is -1.49. The van der Waals surface area contributed by atoms with Crippen LogP contribution in [0, 0.1) is 17.9 Å². The van der Waals surface area contributed by atoms with Crippen molar-refractivity contribution < 1.29 is 38.7 Å². The highest BCUT2D eigenvalue weighted by molar-refractivity contribution is 9.10. The number of likely N-dealkylation sites (tertiary alicyclic amines) is 2. The molecular weight excluding hydrogens is 947 g/mol. The van der Waals surface area contributed by atoms with Crippen LogP contribution in [0.25, 0.3) is 16.0 Å². The number of piperidine rings is 2. The SMILES string of the molecule is C.CC(=O)N1CCC2(CC1)Oc1ccc(-c3cccc(C#N)c3)cc1C21N=C(N)N(C)C1=O.CC(=O)N1CCC2(CC1)Oc1ccc(Br)cc1C21N=C(N)N(C)C1=O.[C-]#[N+]c1cccc(B(O)O)c1. The van der Waals surface area contributed by atoms with Gasteiger partial charge in [0.05, 0.1) is 18.2 Å².